The number of hydroxylamine groups is 1. The van der Waals surface area contributed by atoms with Crippen molar-refractivity contribution in [3.63, 3.8) is 0 Å². The lowest BCUT2D eigenvalue weighted by atomic mass is 10.0. The molecule has 0 spiro atoms. The highest BCUT2D eigenvalue weighted by Gasteiger charge is 1.99. The first kappa shape index (κ1) is 13.5. The molecule has 3 heteroatoms. The Labute approximate surface area is 112 Å². The average Bonchev–Trinajstić information content (AvgIpc) is 2.46. The highest BCUT2D eigenvalue weighted by molar-refractivity contribution is 5.67. The third-order valence-corrected chi connectivity index (χ3v) is 2.85. The molecule has 1 atom stereocenters. The van der Waals surface area contributed by atoms with E-state index in [9.17, 15) is 4.39 Å². The van der Waals surface area contributed by atoms with E-state index < -0.39 is 0 Å². The number of halogens is 1. The van der Waals surface area contributed by atoms with Crippen LogP contribution in [0.1, 0.15) is 12.5 Å². The normalized spacial score (nSPS) is 12.8. The van der Waals surface area contributed by atoms with Gasteiger partial charge < -0.3 is 5.21 Å². The van der Waals surface area contributed by atoms with Crippen LogP contribution in [0.25, 0.3) is 17.2 Å². The van der Waals surface area contributed by atoms with Gasteiger partial charge in [0.1, 0.15) is 5.82 Å². The first-order valence-corrected chi connectivity index (χ1v) is 6.13. The van der Waals surface area contributed by atoms with Crippen molar-refractivity contribution in [3.8, 4) is 11.1 Å². The fraction of sp³-hybridized carbons (Fsp3) is 0.125. The van der Waals surface area contributed by atoms with E-state index in [4.69, 9.17) is 5.21 Å². The SMILES string of the molecule is CC(C=Cc1cccc(-c2ccc(F)cc2)c1)NO. The largest absolute Gasteiger partial charge is 0.316 e. The molecule has 1 unspecified atom stereocenters. The van der Waals surface area contributed by atoms with Gasteiger partial charge in [-0.25, -0.2) is 4.39 Å². The van der Waals surface area contributed by atoms with Crippen molar-refractivity contribution in [1.29, 1.82) is 0 Å². The third kappa shape index (κ3) is 3.74. The average molecular weight is 257 g/mol. The van der Waals surface area contributed by atoms with Gasteiger partial charge in [-0.05, 0) is 41.8 Å². The molecule has 0 amide bonds. The molecule has 0 aliphatic heterocycles. The van der Waals surface area contributed by atoms with Gasteiger partial charge in [-0.3, -0.25) is 0 Å². The molecule has 0 radical (unpaired) electrons. The van der Waals surface area contributed by atoms with Gasteiger partial charge in [-0.1, -0.05) is 42.5 Å². The molecule has 2 nitrogen and oxygen atoms in total. The van der Waals surface area contributed by atoms with Crippen molar-refractivity contribution in [2.75, 3.05) is 0 Å². The molecular weight excluding hydrogens is 241 g/mol. The number of hydrogen-bond acceptors (Lipinski definition) is 2. The summed E-state index contributed by atoms with van der Waals surface area (Å²) in [6.45, 7) is 1.85. The van der Waals surface area contributed by atoms with E-state index in [0.717, 1.165) is 16.7 Å². The zero-order valence-electron chi connectivity index (χ0n) is 10.7. The van der Waals surface area contributed by atoms with Crippen LogP contribution in [0.5, 0.6) is 0 Å². The lowest BCUT2D eigenvalue weighted by Gasteiger charge is -2.04. The Morgan fingerprint density at radius 2 is 1.84 bits per heavy atom. The Hall–Kier alpha value is -1.97. The Morgan fingerprint density at radius 1 is 1.11 bits per heavy atom. The predicted octanol–water partition coefficient (Wildman–Crippen LogP) is 3.87. The summed E-state index contributed by atoms with van der Waals surface area (Å²) in [6.07, 6.45) is 3.80. The minimum absolute atomic E-state index is 0.102. The molecule has 0 heterocycles. The Morgan fingerprint density at radius 3 is 2.53 bits per heavy atom. The van der Waals surface area contributed by atoms with Crippen molar-refractivity contribution in [2.24, 2.45) is 0 Å². The lowest BCUT2D eigenvalue weighted by Crippen LogP contribution is -2.18. The van der Waals surface area contributed by atoms with Gasteiger partial charge >= 0.3 is 0 Å². The summed E-state index contributed by atoms with van der Waals surface area (Å²) < 4.78 is 12.9. The fourth-order valence-electron chi connectivity index (χ4n) is 1.76. The Bertz CT molecular complexity index is 563. The van der Waals surface area contributed by atoms with Crippen LogP contribution in [0.4, 0.5) is 4.39 Å². The smallest absolute Gasteiger partial charge is 0.123 e. The van der Waals surface area contributed by atoms with E-state index >= 15 is 0 Å². The van der Waals surface area contributed by atoms with Crippen LogP contribution in [0, 0.1) is 5.82 Å². The molecule has 0 aromatic heterocycles. The lowest BCUT2D eigenvalue weighted by molar-refractivity contribution is 0.150. The maximum atomic E-state index is 12.9. The number of hydrogen-bond donors (Lipinski definition) is 2. The quantitative estimate of drug-likeness (QED) is 0.815. The van der Waals surface area contributed by atoms with Gasteiger partial charge in [-0.2, -0.15) is 5.48 Å². The van der Waals surface area contributed by atoms with E-state index in [1.807, 2.05) is 43.3 Å². The summed E-state index contributed by atoms with van der Waals surface area (Å²) in [7, 11) is 0. The molecule has 2 aromatic rings. The van der Waals surface area contributed by atoms with Crippen molar-refractivity contribution >= 4 is 6.08 Å². The monoisotopic (exact) mass is 257 g/mol. The molecular formula is C16H16FNO. The number of nitrogens with one attached hydrogen (secondary N) is 1. The molecule has 0 bridgehead atoms. The molecule has 0 aliphatic rings. The van der Waals surface area contributed by atoms with Crippen LogP contribution in [0.2, 0.25) is 0 Å². The van der Waals surface area contributed by atoms with Gasteiger partial charge in [0.05, 0.1) is 0 Å². The second-order valence-electron chi connectivity index (χ2n) is 4.41. The molecule has 0 aliphatic carbocycles. The summed E-state index contributed by atoms with van der Waals surface area (Å²) in [5.74, 6) is -0.234. The van der Waals surface area contributed by atoms with E-state index in [2.05, 4.69) is 5.48 Å². The van der Waals surface area contributed by atoms with Crippen molar-refractivity contribution in [3.05, 3.63) is 66.0 Å². The van der Waals surface area contributed by atoms with Gasteiger partial charge in [0.25, 0.3) is 0 Å². The third-order valence-electron chi connectivity index (χ3n) is 2.85. The predicted molar refractivity (Wildman–Crippen MR) is 75.3 cm³/mol. The summed E-state index contributed by atoms with van der Waals surface area (Å²) in [6, 6.07) is 14.3. The first-order valence-electron chi connectivity index (χ1n) is 6.13. The fourth-order valence-corrected chi connectivity index (χ4v) is 1.76. The van der Waals surface area contributed by atoms with Crippen molar-refractivity contribution in [1.82, 2.24) is 5.48 Å². The Balaban J connectivity index is 2.24. The topological polar surface area (TPSA) is 32.3 Å². The summed E-state index contributed by atoms with van der Waals surface area (Å²) in [5.41, 5.74) is 5.20. The highest BCUT2D eigenvalue weighted by atomic mass is 19.1. The molecule has 2 N–H and O–H groups in total. The minimum atomic E-state index is -0.234. The maximum absolute atomic E-state index is 12.9. The maximum Gasteiger partial charge on any atom is 0.123 e. The second kappa shape index (κ2) is 6.27. The molecule has 2 aromatic carbocycles. The minimum Gasteiger partial charge on any atom is -0.316 e. The van der Waals surface area contributed by atoms with Crippen LogP contribution in [-0.4, -0.2) is 11.2 Å². The summed E-state index contributed by atoms with van der Waals surface area (Å²) in [4.78, 5) is 0. The molecule has 98 valence electrons. The summed E-state index contributed by atoms with van der Waals surface area (Å²) in [5, 5.41) is 8.73. The molecule has 0 saturated carbocycles. The van der Waals surface area contributed by atoms with E-state index in [0.29, 0.717) is 0 Å². The van der Waals surface area contributed by atoms with Crippen LogP contribution < -0.4 is 5.48 Å². The second-order valence-corrected chi connectivity index (χ2v) is 4.41. The summed E-state index contributed by atoms with van der Waals surface area (Å²) >= 11 is 0. The van der Waals surface area contributed by atoms with Crippen molar-refractivity contribution < 1.29 is 9.60 Å². The van der Waals surface area contributed by atoms with Crippen LogP contribution in [0.15, 0.2) is 54.6 Å². The van der Waals surface area contributed by atoms with Crippen LogP contribution in [0.3, 0.4) is 0 Å². The highest BCUT2D eigenvalue weighted by Crippen LogP contribution is 2.21. The Kier molecular flexibility index (Phi) is 4.44. The van der Waals surface area contributed by atoms with E-state index in [-0.39, 0.29) is 11.9 Å². The van der Waals surface area contributed by atoms with E-state index in [1.165, 1.54) is 12.1 Å². The molecule has 19 heavy (non-hydrogen) atoms. The molecule has 2 rings (SSSR count). The van der Waals surface area contributed by atoms with Crippen molar-refractivity contribution in [2.45, 2.75) is 13.0 Å². The number of rotatable bonds is 4. The van der Waals surface area contributed by atoms with E-state index in [1.54, 1.807) is 12.1 Å². The van der Waals surface area contributed by atoms with Crippen LogP contribution >= 0.6 is 0 Å². The zero-order valence-corrected chi connectivity index (χ0v) is 10.7. The molecule has 0 saturated heterocycles. The van der Waals surface area contributed by atoms with Gasteiger partial charge in [0, 0.05) is 6.04 Å². The van der Waals surface area contributed by atoms with Gasteiger partial charge in [-0.15, -0.1) is 0 Å². The standard InChI is InChI=1S/C16H16FNO/c1-12(18-19)5-6-13-3-2-4-15(11-13)14-7-9-16(17)10-8-14/h2-12,18-19H,1H3. The van der Waals surface area contributed by atoms with Gasteiger partial charge in [0.2, 0.25) is 0 Å². The first-order chi connectivity index (χ1) is 9.19. The zero-order chi connectivity index (χ0) is 13.7. The number of benzene rings is 2. The van der Waals surface area contributed by atoms with Crippen LogP contribution in [-0.2, 0) is 0 Å². The molecule has 0 fully saturated rings. The van der Waals surface area contributed by atoms with Gasteiger partial charge in [0.15, 0.2) is 0 Å².